The number of halogens is 1. The van der Waals surface area contributed by atoms with E-state index in [0.717, 1.165) is 18.5 Å². The minimum absolute atomic E-state index is 0.0733. The fourth-order valence-corrected chi connectivity index (χ4v) is 2.75. The zero-order valence-corrected chi connectivity index (χ0v) is 14.4. The molecular formula is C17H22BrN3. The van der Waals surface area contributed by atoms with E-state index in [2.05, 4.69) is 59.1 Å². The van der Waals surface area contributed by atoms with Gasteiger partial charge in [0.15, 0.2) is 0 Å². The zero-order valence-electron chi connectivity index (χ0n) is 12.8. The van der Waals surface area contributed by atoms with Crippen molar-refractivity contribution in [1.82, 2.24) is 10.3 Å². The van der Waals surface area contributed by atoms with Gasteiger partial charge in [0.05, 0.1) is 6.04 Å². The molecule has 2 aromatic rings. The Kier molecular flexibility index (Phi) is 5.37. The maximum atomic E-state index is 6.08. The first-order chi connectivity index (χ1) is 10.0. The average Bonchev–Trinajstić information content (AvgIpc) is 2.46. The van der Waals surface area contributed by atoms with Crippen molar-refractivity contribution in [2.75, 3.05) is 12.3 Å². The molecule has 1 unspecified atom stereocenters. The first-order valence-corrected chi connectivity index (χ1v) is 8.04. The van der Waals surface area contributed by atoms with Crippen LogP contribution in [0.4, 0.5) is 5.82 Å². The monoisotopic (exact) mass is 347 g/mol. The number of hydrogen-bond acceptors (Lipinski definition) is 3. The fraction of sp³-hybridized carbons (Fsp3) is 0.353. The SMILES string of the molecule is CCCNC(c1cc(C)c(Br)c(C)c1)c1cccnc1N. The quantitative estimate of drug-likeness (QED) is 0.854. The van der Waals surface area contributed by atoms with Gasteiger partial charge in [-0.05, 0) is 49.6 Å². The maximum Gasteiger partial charge on any atom is 0.128 e. The smallest absolute Gasteiger partial charge is 0.128 e. The summed E-state index contributed by atoms with van der Waals surface area (Å²) in [5, 5.41) is 3.58. The number of pyridine rings is 1. The Balaban J connectivity index is 2.48. The van der Waals surface area contributed by atoms with Gasteiger partial charge in [0, 0.05) is 16.2 Å². The molecule has 3 nitrogen and oxygen atoms in total. The van der Waals surface area contributed by atoms with E-state index in [1.54, 1.807) is 6.20 Å². The molecule has 0 aliphatic rings. The second kappa shape index (κ2) is 7.05. The summed E-state index contributed by atoms with van der Waals surface area (Å²) in [4.78, 5) is 4.22. The second-order valence-corrected chi connectivity index (χ2v) is 6.13. The van der Waals surface area contributed by atoms with E-state index < -0.39 is 0 Å². The molecule has 0 saturated heterocycles. The van der Waals surface area contributed by atoms with Crippen LogP contribution in [0.5, 0.6) is 0 Å². The molecule has 0 bridgehead atoms. The van der Waals surface area contributed by atoms with E-state index in [4.69, 9.17) is 5.73 Å². The lowest BCUT2D eigenvalue weighted by atomic mass is 9.95. The number of nitrogen functional groups attached to an aromatic ring is 1. The predicted octanol–water partition coefficient (Wildman–Crippen LogP) is 4.13. The minimum Gasteiger partial charge on any atom is -0.383 e. The van der Waals surface area contributed by atoms with Crippen molar-refractivity contribution < 1.29 is 0 Å². The Hall–Kier alpha value is -1.39. The second-order valence-electron chi connectivity index (χ2n) is 5.33. The van der Waals surface area contributed by atoms with Crippen LogP contribution in [0.1, 0.15) is 41.6 Å². The summed E-state index contributed by atoms with van der Waals surface area (Å²) in [6.07, 6.45) is 2.80. The van der Waals surface area contributed by atoms with Gasteiger partial charge in [-0.3, -0.25) is 0 Å². The molecule has 3 N–H and O–H groups in total. The molecule has 4 heteroatoms. The van der Waals surface area contributed by atoms with Crippen molar-refractivity contribution in [2.45, 2.75) is 33.2 Å². The summed E-state index contributed by atoms with van der Waals surface area (Å²) in [6, 6.07) is 8.46. The molecule has 1 aromatic heterocycles. The van der Waals surface area contributed by atoms with Crippen molar-refractivity contribution >= 4 is 21.7 Å². The third-order valence-corrected chi connectivity index (χ3v) is 4.82. The number of benzene rings is 1. The lowest BCUT2D eigenvalue weighted by molar-refractivity contribution is 0.598. The molecule has 0 fully saturated rings. The van der Waals surface area contributed by atoms with Crippen molar-refractivity contribution in [1.29, 1.82) is 0 Å². The van der Waals surface area contributed by atoms with E-state index in [-0.39, 0.29) is 6.04 Å². The van der Waals surface area contributed by atoms with Crippen LogP contribution in [0.15, 0.2) is 34.9 Å². The third kappa shape index (κ3) is 3.63. The number of anilines is 1. The van der Waals surface area contributed by atoms with Gasteiger partial charge >= 0.3 is 0 Å². The number of rotatable bonds is 5. The van der Waals surface area contributed by atoms with Crippen molar-refractivity contribution in [3.8, 4) is 0 Å². The van der Waals surface area contributed by atoms with Gasteiger partial charge in [-0.2, -0.15) is 0 Å². The maximum absolute atomic E-state index is 6.08. The van der Waals surface area contributed by atoms with Gasteiger partial charge in [-0.25, -0.2) is 4.98 Å². The molecule has 1 atom stereocenters. The molecule has 0 aliphatic heterocycles. The van der Waals surface area contributed by atoms with Crippen LogP contribution < -0.4 is 11.1 Å². The lowest BCUT2D eigenvalue weighted by Gasteiger charge is -2.22. The Morgan fingerprint density at radius 1 is 1.29 bits per heavy atom. The Labute approximate surface area is 135 Å². The largest absolute Gasteiger partial charge is 0.383 e. The highest BCUT2D eigenvalue weighted by Gasteiger charge is 2.18. The highest BCUT2D eigenvalue weighted by atomic mass is 79.9. The summed E-state index contributed by atoms with van der Waals surface area (Å²) >= 11 is 3.63. The summed E-state index contributed by atoms with van der Waals surface area (Å²) in [7, 11) is 0. The highest BCUT2D eigenvalue weighted by molar-refractivity contribution is 9.10. The van der Waals surface area contributed by atoms with Crippen LogP contribution >= 0.6 is 15.9 Å². The molecule has 21 heavy (non-hydrogen) atoms. The summed E-state index contributed by atoms with van der Waals surface area (Å²) in [5.74, 6) is 0.587. The standard InChI is InChI=1S/C17H22BrN3/c1-4-7-20-16(14-6-5-8-21-17(14)19)13-9-11(2)15(18)12(3)10-13/h5-6,8-10,16,20H,4,7H2,1-3H3,(H2,19,21). The highest BCUT2D eigenvalue weighted by Crippen LogP contribution is 2.30. The summed E-state index contributed by atoms with van der Waals surface area (Å²) in [6.45, 7) is 7.33. The van der Waals surface area contributed by atoms with Gasteiger partial charge in [-0.1, -0.05) is 41.1 Å². The van der Waals surface area contributed by atoms with E-state index >= 15 is 0 Å². The Morgan fingerprint density at radius 3 is 2.52 bits per heavy atom. The van der Waals surface area contributed by atoms with E-state index in [0.29, 0.717) is 5.82 Å². The van der Waals surface area contributed by atoms with Gasteiger partial charge in [0.25, 0.3) is 0 Å². The number of nitrogens with two attached hydrogens (primary N) is 1. The minimum atomic E-state index is 0.0733. The Bertz CT molecular complexity index is 602. The molecule has 112 valence electrons. The summed E-state index contributed by atoms with van der Waals surface area (Å²) < 4.78 is 1.17. The molecule has 0 spiro atoms. The van der Waals surface area contributed by atoms with E-state index in [9.17, 15) is 0 Å². The van der Waals surface area contributed by atoms with Crippen LogP contribution in [0.3, 0.4) is 0 Å². The van der Waals surface area contributed by atoms with Gasteiger partial charge in [0.2, 0.25) is 0 Å². The van der Waals surface area contributed by atoms with Crippen molar-refractivity contribution in [2.24, 2.45) is 0 Å². The van der Waals surface area contributed by atoms with Crippen LogP contribution in [0, 0.1) is 13.8 Å². The topological polar surface area (TPSA) is 50.9 Å². The zero-order chi connectivity index (χ0) is 15.4. The Morgan fingerprint density at radius 2 is 1.95 bits per heavy atom. The first kappa shape index (κ1) is 16.0. The van der Waals surface area contributed by atoms with E-state index in [1.165, 1.54) is 21.2 Å². The summed E-state index contributed by atoms with van der Waals surface area (Å²) in [5.41, 5.74) is 10.8. The number of nitrogens with zero attached hydrogens (tertiary/aromatic N) is 1. The van der Waals surface area contributed by atoms with E-state index in [1.807, 2.05) is 12.1 Å². The normalized spacial score (nSPS) is 12.4. The number of hydrogen-bond donors (Lipinski definition) is 2. The first-order valence-electron chi connectivity index (χ1n) is 7.25. The molecule has 0 amide bonds. The molecule has 0 saturated carbocycles. The van der Waals surface area contributed by atoms with Crippen LogP contribution in [0.2, 0.25) is 0 Å². The lowest BCUT2D eigenvalue weighted by Crippen LogP contribution is -2.24. The predicted molar refractivity (Wildman–Crippen MR) is 92.4 cm³/mol. The van der Waals surface area contributed by atoms with Gasteiger partial charge < -0.3 is 11.1 Å². The van der Waals surface area contributed by atoms with Gasteiger partial charge in [-0.15, -0.1) is 0 Å². The molecule has 1 heterocycles. The third-order valence-electron chi connectivity index (χ3n) is 3.57. The van der Waals surface area contributed by atoms with Crippen LogP contribution in [-0.2, 0) is 0 Å². The number of nitrogens with one attached hydrogen (secondary N) is 1. The van der Waals surface area contributed by atoms with Gasteiger partial charge in [0.1, 0.15) is 5.82 Å². The number of aryl methyl sites for hydroxylation is 2. The van der Waals surface area contributed by atoms with Crippen molar-refractivity contribution in [3.05, 3.63) is 57.2 Å². The molecule has 0 radical (unpaired) electrons. The van der Waals surface area contributed by atoms with Crippen molar-refractivity contribution in [3.63, 3.8) is 0 Å². The molecular weight excluding hydrogens is 326 g/mol. The fourth-order valence-electron chi connectivity index (χ4n) is 2.52. The molecule has 1 aromatic carbocycles. The van der Waals surface area contributed by atoms with Crippen LogP contribution in [0.25, 0.3) is 0 Å². The van der Waals surface area contributed by atoms with Crippen LogP contribution in [-0.4, -0.2) is 11.5 Å². The average molecular weight is 348 g/mol. The molecule has 0 aliphatic carbocycles. The number of aromatic nitrogens is 1. The molecule has 2 rings (SSSR count).